The van der Waals surface area contributed by atoms with Crippen molar-refractivity contribution in [2.75, 3.05) is 30.8 Å². The molecule has 0 aliphatic carbocycles. The molecule has 2 saturated heterocycles. The second-order valence-electron chi connectivity index (χ2n) is 10.9. The summed E-state index contributed by atoms with van der Waals surface area (Å²) in [6, 6.07) is 14.5. The molecule has 4 heterocycles. The molecule has 1 amide bonds. The summed E-state index contributed by atoms with van der Waals surface area (Å²) in [4.78, 5) is 37.9. The fraction of sp³-hybridized carbons (Fsp3) is 0.323. The van der Waals surface area contributed by atoms with Crippen molar-refractivity contribution in [3.8, 4) is 0 Å². The van der Waals surface area contributed by atoms with E-state index in [4.69, 9.17) is 0 Å². The molecule has 2 fully saturated rings. The predicted octanol–water partition coefficient (Wildman–Crippen LogP) is 5.31. The minimum atomic E-state index is -1.11. The lowest BCUT2D eigenvalue weighted by Gasteiger charge is -2.27. The molecule has 0 radical (unpaired) electrons. The second kappa shape index (κ2) is 12.2. The number of anilines is 1. The Bertz CT molecular complexity index is 1710. The zero-order valence-electron chi connectivity index (χ0n) is 23.4. The Balaban J connectivity index is 1.17. The molecule has 2 aliphatic rings. The maximum Gasteiger partial charge on any atom is 0.335 e. The lowest BCUT2D eigenvalue weighted by molar-refractivity contribution is 0.0696. The van der Waals surface area contributed by atoms with Gasteiger partial charge >= 0.3 is 5.97 Å². The number of hydrogen-bond acceptors (Lipinski definition) is 7. The summed E-state index contributed by atoms with van der Waals surface area (Å²) in [6.45, 7) is 2.22. The molecule has 6 rings (SSSR count). The summed E-state index contributed by atoms with van der Waals surface area (Å²) in [5.74, 6) is -1.29. The Kier molecular flexibility index (Phi) is 8.22. The van der Waals surface area contributed by atoms with E-state index in [9.17, 15) is 23.5 Å². The van der Waals surface area contributed by atoms with Crippen LogP contribution in [0.25, 0.3) is 5.65 Å². The van der Waals surface area contributed by atoms with Gasteiger partial charge in [-0.05, 0) is 72.8 Å². The van der Waals surface area contributed by atoms with Gasteiger partial charge in [-0.2, -0.15) is 0 Å². The zero-order chi connectivity index (χ0) is 30.1. The zero-order valence-corrected chi connectivity index (χ0v) is 24.3. The van der Waals surface area contributed by atoms with Crippen molar-refractivity contribution in [1.29, 1.82) is 0 Å². The van der Waals surface area contributed by atoms with E-state index in [2.05, 4.69) is 20.0 Å². The van der Waals surface area contributed by atoms with Crippen LogP contribution in [0.1, 0.15) is 50.9 Å². The van der Waals surface area contributed by atoms with Gasteiger partial charge in [-0.3, -0.25) is 9.69 Å². The first-order chi connectivity index (χ1) is 20.8. The van der Waals surface area contributed by atoms with Crippen molar-refractivity contribution in [3.05, 3.63) is 89.0 Å². The molecule has 4 aromatic rings. The van der Waals surface area contributed by atoms with E-state index in [0.717, 1.165) is 23.4 Å². The number of halogens is 2. The topological polar surface area (TPSA) is 103 Å². The standard InChI is InChI=1S/C31H30F2N6O3S/c1-43-27-6-5-22(32)12-24(27)25-13-23(33)18-38(25)29-8-7-28-34-15-26(39(28)36-29)30(40)35-14-20-9-10-37(17-20)16-19-3-2-4-21(11-19)31(41)42/h2-8,11-12,14-15,20,23,25H,9-10,13,16-18H2,1H3,(H,41,42)/t20?,23-,25+/m0/s1. The molecular formula is C31H30F2N6O3S. The Morgan fingerprint density at radius 3 is 2.84 bits per heavy atom. The Hall–Kier alpha value is -4.16. The van der Waals surface area contributed by atoms with Crippen LogP contribution in [0.2, 0.25) is 0 Å². The molecule has 9 nitrogen and oxygen atoms in total. The number of imidazole rings is 1. The molecule has 1 N–H and O–H groups in total. The molecule has 1 unspecified atom stereocenters. The third kappa shape index (κ3) is 6.16. The second-order valence-corrected chi connectivity index (χ2v) is 11.7. The van der Waals surface area contributed by atoms with Gasteiger partial charge in [-0.1, -0.05) is 12.1 Å². The highest BCUT2D eigenvalue weighted by atomic mass is 32.2. The van der Waals surface area contributed by atoms with E-state index >= 15 is 0 Å². The van der Waals surface area contributed by atoms with Crippen LogP contribution in [0.3, 0.4) is 0 Å². The fourth-order valence-corrected chi connectivity index (χ4v) is 6.52. The van der Waals surface area contributed by atoms with E-state index < -0.39 is 24.1 Å². The number of carboxylic acids is 1. The monoisotopic (exact) mass is 604 g/mol. The number of carbonyl (C=O) groups excluding carboxylic acids is 1. The number of rotatable bonds is 8. The van der Waals surface area contributed by atoms with Gasteiger partial charge in [0.15, 0.2) is 11.3 Å². The smallest absolute Gasteiger partial charge is 0.335 e. The summed E-state index contributed by atoms with van der Waals surface area (Å²) in [5.41, 5.74) is 2.54. The summed E-state index contributed by atoms with van der Waals surface area (Å²) in [6.07, 6.45) is 4.92. The number of likely N-dealkylation sites (tertiary alicyclic amines) is 1. The lowest BCUT2D eigenvalue weighted by atomic mass is 10.0. The van der Waals surface area contributed by atoms with Gasteiger partial charge < -0.3 is 10.0 Å². The van der Waals surface area contributed by atoms with Crippen LogP contribution in [-0.4, -0.2) is 74.8 Å². The van der Waals surface area contributed by atoms with Gasteiger partial charge in [0.05, 0.1) is 24.3 Å². The highest BCUT2D eigenvalue weighted by Crippen LogP contribution is 2.40. The number of aromatic carboxylic acids is 1. The van der Waals surface area contributed by atoms with Gasteiger partial charge in [-0.15, -0.1) is 16.9 Å². The van der Waals surface area contributed by atoms with Crippen LogP contribution < -0.4 is 4.90 Å². The molecule has 2 aromatic heterocycles. The van der Waals surface area contributed by atoms with Crippen molar-refractivity contribution < 1.29 is 23.5 Å². The van der Waals surface area contributed by atoms with Crippen molar-refractivity contribution in [3.63, 3.8) is 0 Å². The fourth-order valence-electron chi connectivity index (χ4n) is 5.89. The van der Waals surface area contributed by atoms with Crippen molar-refractivity contribution in [1.82, 2.24) is 19.5 Å². The first kappa shape index (κ1) is 28.9. The number of thioether (sulfide) groups is 1. The number of hydrogen-bond donors (Lipinski definition) is 1. The number of fused-ring (bicyclic) bond motifs is 1. The normalized spacial score (nSPS) is 20.9. The first-order valence-corrected chi connectivity index (χ1v) is 15.2. The van der Waals surface area contributed by atoms with Gasteiger partial charge in [0, 0.05) is 36.5 Å². The number of aromatic nitrogens is 3. The van der Waals surface area contributed by atoms with Crippen molar-refractivity contribution in [2.45, 2.75) is 36.5 Å². The summed E-state index contributed by atoms with van der Waals surface area (Å²) < 4.78 is 30.4. The maximum absolute atomic E-state index is 14.8. The van der Waals surface area contributed by atoms with E-state index in [-0.39, 0.29) is 36.0 Å². The quantitative estimate of drug-likeness (QED) is 0.213. The van der Waals surface area contributed by atoms with Crippen LogP contribution in [0, 0.1) is 11.7 Å². The molecule has 2 aliphatic heterocycles. The number of amides is 1. The number of carboxylic acid groups (broad SMARTS) is 1. The lowest BCUT2D eigenvalue weighted by Crippen LogP contribution is -2.26. The van der Waals surface area contributed by atoms with Crippen LogP contribution in [0.4, 0.5) is 14.6 Å². The summed E-state index contributed by atoms with van der Waals surface area (Å²) in [5, 5.41) is 13.9. The third-order valence-electron chi connectivity index (χ3n) is 7.95. The third-order valence-corrected chi connectivity index (χ3v) is 8.77. The molecular weight excluding hydrogens is 574 g/mol. The molecule has 43 heavy (non-hydrogen) atoms. The molecule has 0 bridgehead atoms. The van der Waals surface area contributed by atoms with Gasteiger partial charge in [0.1, 0.15) is 17.8 Å². The van der Waals surface area contributed by atoms with E-state index in [1.807, 2.05) is 17.2 Å². The SMILES string of the molecule is CSc1ccc(F)cc1[C@H]1C[C@H](F)CN1c1ccc2ncc(C(=O)N=CC3CCN(Cc4cccc(C(=O)O)c4)C3)n2n1. The average molecular weight is 605 g/mol. The van der Waals surface area contributed by atoms with Crippen LogP contribution in [0.15, 0.2) is 70.7 Å². The van der Waals surface area contributed by atoms with Gasteiger partial charge in [-0.25, -0.2) is 28.1 Å². The Morgan fingerprint density at radius 2 is 2.02 bits per heavy atom. The first-order valence-electron chi connectivity index (χ1n) is 14.0. The van der Waals surface area contributed by atoms with Crippen molar-refractivity contribution >= 4 is 41.3 Å². The number of carbonyl (C=O) groups is 2. The van der Waals surface area contributed by atoms with Crippen molar-refractivity contribution in [2.24, 2.45) is 10.9 Å². The molecule has 12 heteroatoms. The number of alkyl halides is 1. The van der Waals surface area contributed by atoms with Gasteiger partial charge in [0.2, 0.25) is 0 Å². The molecule has 0 spiro atoms. The number of aliphatic imine (C=N–C) groups is 1. The van der Waals surface area contributed by atoms with Gasteiger partial charge in [0.25, 0.3) is 5.91 Å². The minimum Gasteiger partial charge on any atom is -0.478 e. The van der Waals surface area contributed by atoms with Crippen LogP contribution in [-0.2, 0) is 6.54 Å². The highest BCUT2D eigenvalue weighted by molar-refractivity contribution is 7.98. The minimum absolute atomic E-state index is 0.0676. The molecule has 0 saturated carbocycles. The summed E-state index contributed by atoms with van der Waals surface area (Å²) >= 11 is 1.48. The number of nitrogens with zero attached hydrogens (tertiary/aromatic N) is 6. The molecule has 222 valence electrons. The molecule has 3 atom stereocenters. The largest absolute Gasteiger partial charge is 0.478 e. The Labute approximate surface area is 251 Å². The predicted molar refractivity (Wildman–Crippen MR) is 160 cm³/mol. The maximum atomic E-state index is 14.8. The highest BCUT2D eigenvalue weighted by Gasteiger charge is 2.36. The van der Waals surface area contributed by atoms with Crippen LogP contribution >= 0.6 is 11.8 Å². The number of benzene rings is 2. The van der Waals surface area contributed by atoms with E-state index in [1.54, 1.807) is 42.6 Å². The van der Waals surface area contributed by atoms with E-state index in [1.165, 1.54) is 34.6 Å². The molecule has 2 aromatic carbocycles. The average Bonchev–Trinajstić information content (AvgIpc) is 3.74. The van der Waals surface area contributed by atoms with E-state index in [0.29, 0.717) is 30.1 Å². The summed E-state index contributed by atoms with van der Waals surface area (Å²) in [7, 11) is 0. The Morgan fingerprint density at radius 1 is 1.16 bits per heavy atom. The van der Waals surface area contributed by atoms with Crippen LogP contribution in [0.5, 0.6) is 0 Å².